The van der Waals surface area contributed by atoms with Crippen LogP contribution in [0.3, 0.4) is 0 Å². The summed E-state index contributed by atoms with van der Waals surface area (Å²) in [7, 11) is 0. The van der Waals surface area contributed by atoms with Crippen molar-refractivity contribution in [1.29, 1.82) is 5.26 Å². The lowest BCUT2D eigenvalue weighted by molar-refractivity contribution is -0.117. The van der Waals surface area contributed by atoms with Gasteiger partial charge in [-0.3, -0.25) is 4.79 Å². The van der Waals surface area contributed by atoms with E-state index in [1.807, 2.05) is 38.2 Å². The highest BCUT2D eigenvalue weighted by Crippen LogP contribution is 2.24. The zero-order valence-corrected chi connectivity index (χ0v) is 13.6. The Balaban J connectivity index is 1.89. The number of nitrogens with two attached hydrogens (primary N) is 1. The van der Waals surface area contributed by atoms with Crippen molar-refractivity contribution in [1.82, 2.24) is 5.32 Å². The Kier molecular flexibility index (Phi) is 5.41. The van der Waals surface area contributed by atoms with Crippen LogP contribution in [0.1, 0.15) is 33.1 Å². The highest BCUT2D eigenvalue weighted by Gasteiger charge is 2.18. The summed E-state index contributed by atoms with van der Waals surface area (Å²) < 4.78 is 5.80. The average molecular weight is 313 g/mol. The Morgan fingerprint density at radius 3 is 2.78 bits per heavy atom. The minimum Gasteiger partial charge on any atom is -0.462 e. The monoisotopic (exact) mass is 313 g/mol. The first-order chi connectivity index (χ1) is 10.9. The molecule has 122 valence electrons. The van der Waals surface area contributed by atoms with E-state index in [1.54, 1.807) is 6.08 Å². The lowest BCUT2D eigenvalue weighted by Gasteiger charge is -2.21. The van der Waals surface area contributed by atoms with Gasteiger partial charge in [0.05, 0.1) is 12.0 Å². The van der Waals surface area contributed by atoms with Crippen LogP contribution in [-0.2, 0) is 9.53 Å². The van der Waals surface area contributed by atoms with E-state index >= 15 is 0 Å². The fraction of sp³-hybridized carbons (Fsp3) is 0.444. The minimum atomic E-state index is -0.421. The molecule has 1 amide bonds. The van der Waals surface area contributed by atoms with Crippen LogP contribution in [0.4, 0.5) is 0 Å². The molecule has 0 unspecified atom stereocenters. The van der Waals surface area contributed by atoms with Gasteiger partial charge < -0.3 is 15.8 Å². The second-order valence-electron chi connectivity index (χ2n) is 6.54. The Morgan fingerprint density at radius 1 is 1.48 bits per heavy atom. The van der Waals surface area contributed by atoms with Gasteiger partial charge in [-0.25, -0.2) is 0 Å². The lowest BCUT2D eigenvalue weighted by Crippen LogP contribution is -2.45. The standard InChI is InChI=1S/C18H23N3O2/c1-18(2,20)12-21-17(22)14-5-9-16(10-6-14)23-15-7-3-13(11-19)4-8-15/h3,5,7-9,13H,4,6,10,12,20H2,1-2H3,(H,21,22)/t13-/m0/s1. The molecule has 0 bridgehead atoms. The molecule has 0 fully saturated rings. The number of carbonyl (C=O) groups excluding carboxylic acids is 1. The molecule has 0 radical (unpaired) electrons. The normalized spacial score (nSPS) is 20.8. The summed E-state index contributed by atoms with van der Waals surface area (Å²) in [5.41, 5.74) is 6.18. The first-order valence-corrected chi connectivity index (χ1v) is 7.80. The smallest absolute Gasteiger partial charge is 0.247 e. The maximum atomic E-state index is 12.1. The molecule has 0 spiro atoms. The van der Waals surface area contributed by atoms with Gasteiger partial charge in [-0.15, -0.1) is 0 Å². The number of hydrogen-bond donors (Lipinski definition) is 2. The quantitative estimate of drug-likeness (QED) is 0.816. The van der Waals surface area contributed by atoms with Crippen molar-refractivity contribution in [3.8, 4) is 6.07 Å². The summed E-state index contributed by atoms with van der Waals surface area (Å²) in [6.07, 6.45) is 11.2. The van der Waals surface area contributed by atoms with E-state index in [4.69, 9.17) is 15.7 Å². The van der Waals surface area contributed by atoms with E-state index in [0.717, 1.165) is 17.1 Å². The molecule has 2 aliphatic rings. The molecule has 23 heavy (non-hydrogen) atoms. The van der Waals surface area contributed by atoms with Gasteiger partial charge in [0, 0.05) is 24.1 Å². The molecule has 5 nitrogen and oxygen atoms in total. The summed E-state index contributed by atoms with van der Waals surface area (Å²) in [6.45, 7) is 4.18. The van der Waals surface area contributed by atoms with Gasteiger partial charge in [-0.05, 0) is 44.9 Å². The van der Waals surface area contributed by atoms with Crippen molar-refractivity contribution in [2.24, 2.45) is 11.7 Å². The predicted octanol–water partition coefficient (Wildman–Crippen LogP) is 2.44. The van der Waals surface area contributed by atoms with E-state index in [2.05, 4.69) is 11.4 Å². The van der Waals surface area contributed by atoms with Crippen LogP contribution in [0.5, 0.6) is 0 Å². The summed E-state index contributed by atoms with van der Waals surface area (Å²) in [6, 6.07) is 2.20. The Labute approximate surface area is 137 Å². The number of amides is 1. The Bertz CT molecular complexity index is 628. The van der Waals surface area contributed by atoms with Crippen molar-refractivity contribution in [3.63, 3.8) is 0 Å². The number of hydrogen-bond acceptors (Lipinski definition) is 4. The maximum Gasteiger partial charge on any atom is 0.247 e. The van der Waals surface area contributed by atoms with E-state index in [-0.39, 0.29) is 11.8 Å². The molecule has 2 rings (SSSR count). The van der Waals surface area contributed by atoms with E-state index < -0.39 is 5.54 Å². The second-order valence-corrected chi connectivity index (χ2v) is 6.54. The number of rotatable bonds is 5. The molecule has 3 N–H and O–H groups in total. The molecule has 0 aromatic heterocycles. The zero-order chi connectivity index (χ0) is 16.9. The van der Waals surface area contributed by atoms with Crippen LogP contribution in [0.15, 0.2) is 47.5 Å². The summed E-state index contributed by atoms with van der Waals surface area (Å²) in [5.74, 6) is 1.44. The van der Waals surface area contributed by atoms with Gasteiger partial charge in [0.15, 0.2) is 0 Å². The van der Waals surface area contributed by atoms with Crippen molar-refractivity contribution in [2.75, 3.05) is 6.54 Å². The first kappa shape index (κ1) is 17.0. The van der Waals surface area contributed by atoms with Crippen LogP contribution in [0.25, 0.3) is 0 Å². The van der Waals surface area contributed by atoms with Gasteiger partial charge in [0.1, 0.15) is 11.5 Å². The molecule has 0 aromatic rings. The van der Waals surface area contributed by atoms with Crippen molar-refractivity contribution >= 4 is 5.91 Å². The third kappa shape index (κ3) is 5.42. The van der Waals surface area contributed by atoms with Crippen molar-refractivity contribution in [3.05, 3.63) is 47.5 Å². The van der Waals surface area contributed by atoms with Gasteiger partial charge in [-0.2, -0.15) is 5.26 Å². The third-order valence-electron chi connectivity index (χ3n) is 3.59. The number of ether oxygens (including phenoxy) is 1. The zero-order valence-electron chi connectivity index (χ0n) is 13.6. The fourth-order valence-corrected chi connectivity index (χ4v) is 2.24. The third-order valence-corrected chi connectivity index (χ3v) is 3.59. The topological polar surface area (TPSA) is 88.1 Å². The molecule has 2 aliphatic carbocycles. The van der Waals surface area contributed by atoms with Crippen LogP contribution >= 0.6 is 0 Å². The highest BCUT2D eigenvalue weighted by molar-refractivity contribution is 5.94. The van der Waals surface area contributed by atoms with Crippen molar-refractivity contribution < 1.29 is 9.53 Å². The van der Waals surface area contributed by atoms with Crippen molar-refractivity contribution in [2.45, 2.75) is 38.6 Å². The second kappa shape index (κ2) is 7.30. The lowest BCUT2D eigenvalue weighted by atomic mass is 10.0. The highest BCUT2D eigenvalue weighted by atomic mass is 16.5. The number of nitriles is 1. The van der Waals surface area contributed by atoms with Gasteiger partial charge >= 0.3 is 0 Å². The molecule has 5 heteroatoms. The van der Waals surface area contributed by atoms with Gasteiger partial charge in [-0.1, -0.05) is 12.2 Å². The average Bonchev–Trinajstić information content (AvgIpc) is 2.53. The number of nitrogens with one attached hydrogen (secondary N) is 1. The van der Waals surface area contributed by atoms with Gasteiger partial charge in [0.2, 0.25) is 5.91 Å². The minimum absolute atomic E-state index is 0.0651. The van der Waals surface area contributed by atoms with Gasteiger partial charge in [0.25, 0.3) is 0 Å². The summed E-state index contributed by atoms with van der Waals surface area (Å²) >= 11 is 0. The van der Waals surface area contributed by atoms with Crippen LogP contribution in [0, 0.1) is 17.2 Å². The molecule has 1 atom stereocenters. The fourth-order valence-electron chi connectivity index (χ4n) is 2.24. The van der Waals surface area contributed by atoms with Crippen LogP contribution < -0.4 is 11.1 Å². The first-order valence-electron chi connectivity index (χ1n) is 7.80. The predicted molar refractivity (Wildman–Crippen MR) is 88.7 cm³/mol. The van der Waals surface area contributed by atoms with Crippen LogP contribution in [0.2, 0.25) is 0 Å². The Morgan fingerprint density at radius 2 is 2.26 bits per heavy atom. The number of allylic oxidation sites excluding steroid dienone is 6. The SMILES string of the molecule is CC(C)(N)CNC(=O)C1=CC=C(OC2=CC[C@@H](C#N)C=C2)CC1. The molecular weight excluding hydrogens is 290 g/mol. The largest absolute Gasteiger partial charge is 0.462 e. The summed E-state index contributed by atoms with van der Waals surface area (Å²) in [5, 5.41) is 11.7. The molecule has 0 saturated carbocycles. The molecule has 0 saturated heterocycles. The molecule has 0 aromatic carbocycles. The van der Waals surface area contributed by atoms with Crippen LogP contribution in [-0.4, -0.2) is 18.0 Å². The van der Waals surface area contributed by atoms with E-state index in [9.17, 15) is 4.79 Å². The number of carbonyl (C=O) groups is 1. The molecule has 0 aliphatic heterocycles. The molecule has 0 heterocycles. The van der Waals surface area contributed by atoms with E-state index in [0.29, 0.717) is 25.8 Å². The number of nitrogens with zero attached hydrogens (tertiary/aromatic N) is 1. The molecular formula is C18H23N3O2. The summed E-state index contributed by atoms with van der Waals surface area (Å²) in [4.78, 5) is 12.1. The Hall–Kier alpha value is -2.32. The maximum absolute atomic E-state index is 12.1. The van der Waals surface area contributed by atoms with E-state index in [1.165, 1.54) is 0 Å².